The molecule has 4 nitrogen and oxygen atoms in total. The van der Waals surface area contributed by atoms with Crippen molar-refractivity contribution in [2.75, 3.05) is 0 Å². The smallest absolute Gasteiger partial charge is 0.228 e. The lowest BCUT2D eigenvalue weighted by molar-refractivity contribution is -0.549. The normalized spacial score (nSPS) is 19.3. The molecule has 150 valence electrons. The summed E-state index contributed by atoms with van der Waals surface area (Å²) < 4.78 is 0. The first kappa shape index (κ1) is 22.9. The molecule has 0 atom stereocenters. The summed E-state index contributed by atoms with van der Waals surface area (Å²) in [6.45, 7) is 14.8. The molecule has 1 fully saturated rings. The summed E-state index contributed by atoms with van der Waals surface area (Å²) >= 11 is 0. The summed E-state index contributed by atoms with van der Waals surface area (Å²) in [5.74, 6) is -0.0158. The van der Waals surface area contributed by atoms with Crippen LogP contribution in [0.15, 0.2) is 0 Å². The Kier molecular flexibility index (Phi) is 9.38. The molecule has 0 aromatic rings. The fourth-order valence-electron chi connectivity index (χ4n) is 3.66. The fraction of sp³-hybridized carbons (Fsp3) is 1.00. The molecule has 0 aliphatic heterocycles. The Hall–Kier alpha value is -0.160. The van der Waals surface area contributed by atoms with Gasteiger partial charge in [-0.15, -0.1) is 0 Å². The highest BCUT2D eigenvalue weighted by molar-refractivity contribution is 4.79. The molecule has 1 aliphatic carbocycles. The molecule has 25 heavy (non-hydrogen) atoms. The Morgan fingerprint density at radius 2 is 1.20 bits per heavy atom. The predicted molar refractivity (Wildman–Crippen MR) is 102 cm³/mol. The molecule has 0 radical (unpaired) electrons. The molecule has 0 N–H and O–H groups in total. The Morgan fingerprint density at radius 3 is 1.56 bits per heavy atom. The molecule has 0 aromatic heterocycles. The van der Waals surface area contributed by atoms with Gasteiger partial charge in [0.15, 0.2) is 0 Å². The standard InChI is InChI=1S/C21H42O4/c1-8-11-18-12-16-21(17-13-18,24-22-19(4,5)14-9-2)25-23-20(6,7)15-10-3/h18H,8-17H2,1-7H3. The fourth-order valence-corrected chi connectivity index (χ4v) is 3.66. The van der Waals surface area contributed by atoms with Gasteiger partial charge in [-0.3, -0.25) is 0 Å². The predicted octanol–water partition coefficient (Wildman–Crippen LogP) is 6.73. The van der Waals surface area contributed by atoms with E-state index >= 15 is 0 Å². The molecular weight excluding hydrogens is 316 g/mol. The summed E-state index contributed by atoms with van der Waals surface area (Å²) in [5, 5.41) is 0. The lowest BCUT2D eigenvalue weighted by Gasteiger charge is -2.40. The van der Waals surface area contributed by atoms with Gasteiger partial charge in [0.25, 0.3) is 0 Å². The van der Waals surface area contributed by atoms with E-state index in [1.54, 1.807) is 0 Å². The summed E-state index contributed by atoms with van der Waals surface area (Å²) in [5.41, 5.74) is -0.630. The van der Waals surface area contributed by atoms with Crippen LogP contribution < -0.4 is 0 Å². The zero-order valence-electron chi connectivity index (χ0n) is 17.8. The quantitative estimate of drug-likeness (QED) is 0.220. The monoisotopic (exact) mass is 358 g/mol. The van der Waals surface area contributed by atoms with Crippen molar-refractivity contribution in [2.45, 2.75) is 130 Å². The van der Waals surface area contributed by atoms with E-state index in [4.69, 9.17) is 19.6 Å². The zero-order chi connectivity index (χ0) is 19.0. The van der Waals surface area contributed by atoms with Crippen molar-refractivity contribution in [3.05, 3.63) is 0 Å². The van der Waals surface area contributed by atoms with Crippen LogP contribution in [-0.4, -0.2) is 17.0 Å². The average molecular weight is 359 g/mol. The van der Waals surface area contributed by atoms with Crippen LogP contribution in [0.4, 0.5) is 0 Å². The van der Waals surface area contributed by atoms with E-state index in [2.05, 4.69) is 48.5 Å². The highest BCUT2D eigenvalue weighted by Gasteiger charge is 2.42. The first-order valence-corrected chi connectivity index (χ1v) is 10.4. The van der Waals surface area contributed by atoms with Crippen LogP contribution in [0, 0.1) is 5.92 Å². The van der Waals surface area contributed by atoms with Gasteiger partial charge in [0.2, 0.25) is 5.79 Å². The minimum Gasteiger partial charge on any atom is -0.228 e. The van der Waals surface area contributed by atoms with Crippen molar-refractivity contribution < 1.29 is 19.6 Å². The van der Waals surface area contributed by atoms with Gasteiger partial charge in [-0.25, -0.2) is 9.78 Å². The van der Waals surface area contributed by atoms with Gasteiger partial charge >= 0.3 is 0 Å². The lowest BCUT2D eigenvalue weighted by atomic mass is 9.83. The van der Waals surface area contributed by atoms with Crippen LogP contribution in [0.25, 0.3) is 0 Å². The van der Waals surface area contributed by atoms with Crippen LogP contribution >= 0.6 is 0 Å². The number of hydrogen-bond donors (Lipinski definition) is 0. The van der Waals surface area contributed by atoms with E-state index in [1.807, 2.05) is 0 Å². The highest BCUT2D eigenvalue weighted by atomic mass is 17.3. The van der Waals surface area contributed by atoms with E-state index in [1.165, 1.54) is 12.8 Å². The maximum absolute atomic E-state index is 5.94. The molecule has 1 saturated carbocycles. The third-order valence-electron chi connectivity index (χ3n) is 5.11. The molecule has 0 unspecified atom stereocenters. The van der Waals surface area contributed by atoms with Crippen molar-refractivity contribution in [3.8, 4) is 0 Å². The SMILES string of the molecule is CCCC1CCC(OOC(C)(C)CCC)(OOC(C)(C)CCC)CC1. The van der Waals surface area contributed by atoms with E-state index < -0.39 is 5.79 Å². The molecular formula is C21H42O4. The van der Waals surface area contributed by atoms with Crippen molar-refractivity contribution in [3.63, 3.8) is 0 Å². The van der Waals surface area contributed by atoms with Gasteiger partial charge in [0.1, 0.15) is 0 Å². The molecule has 0 bridgehead atoms. The summed E-state index contributed by atoms with van der Waals surface area (Å²) in [6.07, 6.45) is 10.4. The molecule has 4 heteroatoms. The van der Waals surface area contributed by atoms with Gasteiger partial charge in [-0.1, -0.05) is 46.5 Å². The van der Waals surface area contributed by atoms with Gasteiger partial charge in [0.05, 0.1) is 11.2 Å². The summed E-state index contributed by atoms with van der Waals surface area (Å²) in [7, 11) is 0. The topological polar surface area (TPSA) is 36.9 Å². The average Bonchev–Trinajstić information content (AvgIpc) is 2.54. The van der Waals surface area contributed by atoms with Crippen LogP contribution in [0.5, 0.6) is 0 Å². The summed E-state index contributed by atoms with van der Waals surface area (Å²) in [4.78, 5) is 23.5. The number of hydrogen-bond acceptors (Lipinski definition) is 4. The first-order valence-electron chi connectivity index (χ1n) is 10.4. The maximum Gasteiger partial charge on any atom is 0.234 e. The van der Waals surface area contributed by atoms with Crippen LogP contribution in [0.2, 0.25) is 0 Å². The van der Waals surface area contributed by atoms with E-state index in [0.29, 0.717) is 0 Å². The molecule has 1 rings (SSSR count). The van der Waals surface area contributed by atoms with Gasteiger partial charge < -0.3 is 0 Å². The minimum atomic E-state index is -0.778. The largest absolute Gasteiger partial charge is 0.234 e. The Balaban J connectivity index is 2.70. The maximum atomic E-state index is 5.94. The Morgan fingerprint density at radius 1 is 0.760 bits per heavy atom. The third kappa shape index (κ3) is 8.38. The van der Waals surface area contributed by atoms with Crippen molar-refractivity contribution in [2.24, 2.45) is 5.92 Å². The van der Waals surface area contributed by atoms with Gasteiger partial charge in [0, 0.05) is 12.8 Å². The van der Waals surface area contributed by atoms with E-state index in [0.717, 1.165) is 57.3 Å². The van der Waals surface area contributed by atoms with E-state index in [-0.39, 0.29) is 11.2 Å². The van der Waals surface area contributed by atoms with Crippen molar-refractivity contribution >= 4 is 0 Å². The van der Waals surface area contributed by atoms with Crippen LogP contribution in [0.3, 0.4) is 0 Å². The zero-order valence-corrected chi connectivity index (χ0v) is 17.8. The second-order valence-corrected chi connectivity index (χ2v) is 9.00. The second-order valence-electron chi connectivity index (χ2n) is 9.00. The van der Waals surface area contributed by atoms with Crippen LogP contribution in [0.1, 0.15) is 113 Å². The van der Waals surface area contributed by atoms with Crippen molar-refractivity contribution in [1.82, 2.24) is 0 Å². The van der Waals surface area contributed by atoms with Crippen LogP contribution in [-0.2, 0) is 19.6 Å². The minimum absolute atomic E-state index is 0.315. The molecule has 1 aliphatic rings. The first-order chi connectivity index (χ1) is 11.7. The molecule has 0 heterocycles. The molecule has 0 saturated heterocycles. The molecule has 0 amide bonds. The summed E-state index contributed by atoms with van der Waals surface area (Å²) in [6, 6.07) is 0. The Bertz CT molecular complexity index is 333. The van der Waals surface area contributed by atoms with Gasteiger partial charge in [-0.05, 0) is 59.3 Å². The van der Waals surface area contributed by atoms with Gasteiger partial charge in [-0.2, -0.15) is 9.78 Å². The molecule has 0 aromatic carbocycles. The van der Waals surface area contributed by atoms with E-state index in [9.17, 15) is 0 Å². The Labute approximate surface area is 155 Å². The second kappa shape index (κ2) is 10.2. The molecule has 0 spiro atoms. The highest BCUT2D eigenvalue weighted by Crippen LogP contribution is 2.40. The van der Waals surface area contributed by atoms with Crippen molar-refractivity contribution in [1.29, 1.82) is 0 Å². The number of rotatable bonds is 12. The lowest BCUT2D eigenvalue weighted by Crippen LogP contribution is -2.44. The third-order valence-corrected chi connectivity index (χ3v) is 5.11.